The first kappa shape index (κ1) is 39.3. The number of rotatable bonds is 8. The molecule has 0 saturated heterocycles. The van der Waals surface area contributed by atoms with Crippen molar-refractivity contribution in [1.82, 2.24) is 15.3 Å². The van der Waals surface area contributed by atoms with Crippen molar-refractivity contribution in [2.24, 2.45) is 10.9 Å². The second-order valence-electron chi connectivity index (χ2n) is 9.90. The molecule has 4 N–H and O–H groups in total. The summed E-state index contributed by atoms with van der Waals surface area (Å²) < 4.78 is 9.57. The molecule has 4 rings (SSSR count). The van der Waals surface area contributed by atoms with E-state index in [0.717, 1.165) is 5.56 Å². The maximum atomic E-state index is 12.1. The number of carbonyl (C=O) groups is 4. The summed E-state index contributed by atoms with van der Waals surface area (Å²) in [5.41, 5.74) is -0.0326. The molecule has 1 amide bonds. The summed E-state index contributed by atoms with van der Waals surface area (Å²) in [6, 6.07) is 5.74. The lowest BCUT2D eigenvalue weighted by molar-refractivity contribution is -0.139. The molecule has 0 spiro atoms. The molecule has 1 unspecified atom stereocenters. The third kappa shape index (κ3) is 10.1. The number of amidine groups is 1. The number of aromatic nitrogens is 2. The molecule has 0 radical (unpaired) electrons. The monoisotopic (exact) mass is 750 g/mol. The minimum Gasteiger partial charge on any atom is -0.494 e. The number of carboxylic acids is 3. The first-order valence-corrected chi connectivity index (χ1v) is 15.0. The number of hydrogen-bond donors (Lipinski definition) is 4. The van der Waals surface area contributed by atoms with Gasteiger partial charge in [0.2, 0.25) is 5.88 Å². The number of hydrogen-bond acceptors (Lipinski definition) is 9. The van der Waals surface area contributed by atoms with E-state index in [1.807, 2.05) is 13.8 Å². The first-order chi connectivity index (χ1) is 21.8. The number of methoxy groups -OCH3 is 1. The smallest absolute Gasteiger partial charge is 0.341 e. The number of amides is 1. The van der Waals surface area contributed by atoms with Crippen LogP contribution in [0.3, 0.4) is 0 Å². The highest BCUT2D eigenvalue weighted by Gasteiger charge is 2.43. The van der Waals surface area contributed by atoms with Gasteiger partial charge in [-0.15, -0.1) is 0 Å². The van der Waals surface area contributed by atoms with Crippen molar-refractivity contribution >= 4 is 87.7 Å². The standard InChI is InChI=1S/C14H17N3O3.C8H6Cl2O3.C7H4Cl3NO3/c1-7(2)14(4)13(20)16-11(17-14)10-9(12(18)19)5-8(3)6-15-10;1-13-7-5(10)3-2-4(9)6(7)8(11)12;8-3-1-4(9)7(11-6(3)10)14-2-5(12)13/h5-7H,1-4H3,(H,18,19)(H,16,17,20);2-3H,1H3,(H,11,12);1H,2H2,(H,12,13). The fourth-order valence-corrected chi connectivity index (χ4v) is 4.57. The fraction of sp³-hybridized carbons (Fsp3) is 0.276. The van der Waals surface area contributed by atoms with Crippen LogP contribution in [0.15, 0.2) is 35.5 Å². The highest BCUT2D eigenvalue weighted by Crippen LogP contribution is 2.34. The van der Waals surface area contributed by atoms with Gasteiger partial charge in [-0.3, -0.25) is 9.78 Å². The van der Waals surface area contributed by atoms with Crippen molar-refractivity contribution in [1.29, 1.82) is 0 Å². The highest BCUT2D eigenvalue weighted by atomic mass is 35.5. The largest absolute Gasteiger partial charge is 0.494 e. The summed E-state index contributed by atoms with van der Waals surface area (Å²) >= 11 is 28.2. The SMILES string of the molecule is COc1c(Cl)ccc(Cl)c1C(=O)O.Cc1cnc(C2=NC(C)(C(C)C)C(=O)N2)c(C(=O)O)c1.O=C(O)COc1nc(Cl)c(Cl)cc1Cl. The minimum absolute atomic E-state index is 0.00118. The fourth-order valence-electron chi connectivity index (χ4n) is 3.56. The molecule has 13 nitrogen and oxygen atoms in total. The van der Waals surface area contributed by atoms with Gasteiger partial charge in [0, 0.05) is 6.20 Å². The third-order valence-electron chi connectivity index (χ3n) is 6.30. The minimum atomic E-state index is -1.16. The van der Waals surface area contributed by atoms with Gasteiger partial charge in [-0.1, -0.05) is 71.9 Å². The Morgan fingerprint density at radius 2 is 1.57 bits per heavy atom. The number of benzene rings is 1. The van der Waals surface area contributed by atoms with Crippen LogP contribution >= 0.6 is 58.0 Å². The lowest BCUT2D eigenvalue weighted by Crippen LogP contribution is -2.41. The number of aliphatic imine (C=N–C) groups is 1. The van der Waals surface area contributed by atoms with Gasteiger partial charge in [0.05, 0.1) is 27.7 Å². The third-order valence-corrected chi connectivity index (χ3v) is 7.86. The molecule has 1 aliphatic heterocycles. The van der Waals surface area contributed by atoms with Gasteiger partial charge < -0.3 is 30.1 Å². The summed E-state index contributed by atoms with van der Waals surface area (Å²) in [7, 11) is 1.34. The van der Waals surface area contributed by atoms with E-state index in [2.05, 4.69) is 20.3 Å². The van der Waals surface area contributed by atoms with Gasteiger partial charge in [0.25, 0.3) is 5.91 Å². The molecule has 2 aromatic heterocycles. The maximum absolute atomic E-state index is 12.1. The van der Waals surface area contributed by atoms with E-state index >= 15 is 0 Å². The average Bonchev–Trinajstić information content (AvgIpc) is 3.30. The molecule has 1 aliphatic rings. The number of halogens is 5. The molecule has 18 heteroatoms. The molecule has 0 saturated carbocycles. The Morgan fingerprint density at radius 3 is 2.06 bits per heavy atom. The Labute approximate surface area is 293 Å². The van der Waals surface area contributed by atoms with Gasteiger partial charge in [-0.2, -0.15) is 4.98 Å². The second-order valence-corrected chi connectivity index (χ2v) is 11.9. The van der Waals surface area contributed by atoms with Crippen molar-refractivity contribution < 1.29 is 44.0 Å². The number of pyridine rings is 2. The van der Waals surface area contributed by atoms with Gasteiger partial charge >= 0.3 is 17.9 Å². The normalized spacial score (nSPS) is 15.0. The summed E-state index contributed by atoms with van der Waals surface area (Å²) in [6.07, 6.45) is 1.56. The number of carbonyl (C=O) groups excluding carboxylic acids is 1. The van der Waals surface area contributed by atoms with E-state index in [-0.39, 0.29) is 71.4 Å². The number of ether oxygens (including phenoxy) is 2. The number of nitrogens with one attached hydrogen (secondary N) is 1. The van der Waals surface area contributed by atoms with Gasteiger partial charge in [0.15, 0.2) is 23.3 Å². The summed E-state index contributed by atoms with van der Waals surface area (Å²) in [5, 5.41) is 29.6. The predicted molar refractivity (Wildman–Crippen MR) is 176 cm³/mol. The Morgan fingerprint density at radius 1 is 0.957 bits per heavy atom. The van der Waals surface area contributed by atoms with E-state index in [1.54, 1.807) is 20.0 Å². The molecular weight excluding hydrogens is 726 g/mol. The van der Waals surface area contributed by atoms with Crippen LogP contribution in [0.5, 0.6) is 11.6 Å². The first-order valence-electron chi connectivity index (χ1n) is 13.1. The van der Waals surface area contributed by atoms with Gasteiger partial charge in [0.1, 0.15) is 21.8 Å². The molecule has 1 aromatic carbocycles. The Balaban J connectivity index is 0.000000253. The van der Waals surface area contributed by atoms with Crippen molar-refractivity contribution in [2.45, 2.75) is 33.2 Å². The number of aromatic carboxylic acids is 2. The topological polar surface area (TPSA) is 198 Å². The van der Waals surface area contributed by atoms with E-state index in [1.165, 1.54) is 31.4 Å². The highest BCUT2D eigenvalue weighted by molar-refractivity contribution is 6.42. The van der Waals surface area contributed by atoms with Crippen LogP contribution in [0.4, 0.5) is 0 Å². The Hall–Kier alpha value is -3.88. The lowest BCUT2D eigenvalue weighted by atomic mass is 9.89. The summed E-state index contributed by atoms with van der Waals surface area (Å²) in [6.45, 7) is 6.75. The number of aryl methyl sites for hydroxylation is 1. The van der Waals surface area contributed by atoms with Crippen LogP contribution < -0.4 is 14.8 Å². The Bertz CT molecular complexity index is 1740. The van der Waals surface area contributed by atoms with Crippen LogP contribution in [-0.4, -0.2) is 74.2 Å². The second kappa shape index (κ2) is 16.8. The zero-order chi connectivity index (χ0) is 35.8. The molecule has 3 heterocycles. The summed E-state index contributed by atoms with van der Waals surface area (Å²) in [5.74, 6) is -3.36. The van der Waals surface area contributed by atoms with Crippen molar-refractivity contribution in [2.75, 3.05) is 13.7 Å². The predicted octanol–water partition coefficient (Wildman–Crippen LogP) is 6.58. The van der Waals surface area contributed by atoms with Crippen LogP contribution in [-0.2, 0) is 9.59 Å². The van der Waals surface area contributed by atoms with Crippen molar-refractivity contribution in [3.05, 3.63) is 78.1 Å². The number of carboxylic acid groups (broad SMARTS) is 3. The molecule has 3 aromatic rings. The van der Waals surface area contributed by atoms with Gasteiger partial charge in [-0.25, -0.2) is 19.4 Å². The molecule has 1 atom stereocenters. The van der Waals surface area contributed by atoms with Crippen LogP contribution in [0.1, 0.15) is 52.7 Å². The van der Waals surface area contributed by atoms with Crippen LogP contribution in [0.25, 0.3) is 0 Å². The number of aliphatic carboxylic acids is 1. The van der Waals surface area contributed by atoms with E-state index < -0.39 is 30.1 Å². The molecule has 0 aliphatic carbocycles. The molecule has 0 fully saturated rings. The van der Waals surface area contributed by atoms with E-state index in [0.29, 0.717) is 0 Å². The maximum Gasteiger partial charge on any atom is 0.341 e. The number of nitrogens with zero attached hydrogens (tertiary/aromatic N) is 3. The zero-order valence-corrected chi connectivity index (χ0v) is 29.0. The Kier molecular flexibility index (Phi) is 14.0. The zero-order valence-electron chi connectivity index (χ0n) is 25.2. The van der Waals surface area contributed by atoms with E-state index in [9.17, 15) is 24.3 Å². The molecular formula is C29H27Cl5N4O9. The average molecular weight is 753 g/mol. The lowest BCUT2D eigenvalue weighted by Gasteiger charge is -2.21. The molecule has 47 heavy (non-hydrogen) atoms. The molecule has 0 bridgehead atoms. The quantitative estimate of drug-likeness (QED) is 0.181. The van der Waals surface area contributed by atoms with Crippen LogP contribution in [0, 0.1) is 12.8 Å². The van der Waals surface area contributed by atoms with Crippen molar-refractivity contribution in [3.8, 4) is 11.6 Å². The van der Waals surface area contributed by atoms with Crippen molar-refractivity contribution in [3.63, 3.8) is 0 Å². The molecule has 252 valence electrons. The van der Waals surface area contributed by atoms with Gasteiger partial charge in [-0.05, 0) is 49.6 Å². The van der Waals surface area contributed by atoms with E-state index in [4.69, 9.17) is 77.7 Å². The van der Waals surface area contributed by atoms with Crippen LogP contribution in [0.2, 0.25) is 25.2 Å². The summed E-state index contributed by atoms with van der Waals surface area (Å²) in [4.78, 5) is 56.4.